The Morgan fingerprint density at radius 1 is 1.17 bits per heavy atom. The highest BCUT2D eigenvalue weighted by Gasteiger charge is 2.28. The van der Waals surface area contributed by atoms with E-state index in [1.165, 1.54) is 6.26 Å². The molecule has 124 valence electrons. The summed E-state index contributed by atoms with van der Waals surface area (Å²) < 4.78 is 5.61. The topological polar surface area (TPSA) is 59.9 Å². The van der Waals surface area contributed by atoms with E-state index in [2.05, 4.69) is 24.3 Å². The minimum absolute atomic E-state index is 0.109. The van der Waals surface area contributed by atoms with E-state index >= 15 is 0 Å². The van der Waals surface area contributed by atoms with E-state index < -0.39 is 0 Å². The summed E-state index contributed by atoms with van der Waals surface area (Å²) in [4.78, 5) is 17.6. The van der Waals surface area contributed by atoms with Gasteiger partial charge >= 0.3 is 0 Å². The van der Waals surface area contributed by atoms with Crippen LogP contribution in [0.15, 0.2) is 35.4 Å². The van der Waals surface area contributed by atoms with E-state index in [0.717, 1.165) is 29.7 Å². The van der Waals surface area contributed by atoms with Crippen LogP contribution in [-0.2, 0) is 27.2 Å². The fourth-order valence-electron chi connectivity index (χ4n) is 2.24. The number of rotatable bonds is 4. The van der Waals surface area contributed by atoms with E-state index in [4.69, 9.17) is 9.57 Å². The zero-order valence-electron chi connectivity index (χ0n) is 14.4. The van der Waals surface area contributed by atoms with Gasteiger partial charge in [-0.15, -0.1) is 0 Å². The first-order valence-corrected chi connectivity index (χ1v) is 7.91. The molecule has 0 unspecified atom stereocenters. The smallest absolute Gasteiger partial charge is 0.294 e. The Morgan fingerprint density at radius 3 is 2.30 bits per heavy atom. The Labute approximate surface area is 137 Å². The average Bonchev–Trinajstić information content (AvgIpc) is 2.54. The second-order valence-electron chi connectivity index (χ2n) is 6.45. The summed E-state index contributed by atoms with van der Waals surface area (Å²) in [5.41, 5.74) is 2.71. The maximum Gasteiger partial charge on any atom is 0.294 e. The SMILES string of the molecule is CCc1cccc(CC)c1NC(=O)C1=CON=C(C(C)(C)C)O1. The minimum atomic E-state index is -0.338. The number of anilines is 1. The first-order chi connectivity index (χ1) is 10.9. The number of aryl methyl sites for hydroxylation is 2. The second kappa shape index (κ2) is 6.86. The van der Waals surface area contributed by atoms with Crippen LogP contribution in [0.1, 0.15) is 45.7 Å². The molecule has 0 saturated carbocycles. The summed E-state index contributed by atoms with van der Waals surface area (Å²) in [7, 11) is 0. The fourth-order valence-corrected chi connectivity index (χ4v) is 2.24. The van der Waals surface area contributed by atoms with Gasteiger partial charge in [-0.25, -0.2) is 0 Å². The van der Waals surface area contributed by atoms with Gasteiger partial charge in [-0.3, -0.25) is 4.79 Å². The summed E-state index contributed by atoms with van der Waals surface area (Å²) in [6.45, 7) is 9.95. The Morgan fingerprint density at radius 2 is 1.78 bits per heavy atom. The molecule has 0 radical (unpaired) electrons. The molecule has 1 amide bonds. The number of para-hydroxylation sites is 1. The standard InChI is InChI=1S/C18H24N2O3/c1-6-12-9-8-10-13(7-2)15(12)19-16(21)14-11-22-20-17(23-14)18(3,4)5/h8-11H,6-7H2,1-5H3,(H,19,21). The number of nitrogens with one attached hydrogen (secondary N) is 1. The van der Waals surface area contributed by atoms with Crippen LogP contribution in [-0.4, -0.2) is 11.8 Å². The molecule has 0 bridgehead atoms. The predicted octanol–water partition coefficient (Wildman–Crippen LogP) is 4.00. The first kappa shape index (κ1) is 17.1. The Balaban J connectivity index is 2.19. The minimum Gasteiger partial charge on any atom is -0.430 e. The molecule has 5 heteroatoms. The van der Waals surface area contributed by atoms with Crippen molar-refractivity contribution in [2.75, 3.05) is 5.32 Å². The Bertz CT molecular complexity index is 632. The fraction of sp³-hybridized carbons (Fsp3) is 0.444. The number of amides is 1. The van der Waals surface area contributed by atoms with Gasteiger partial charge in [0.15, 0.2) is 6.26 Å². The van der Waals surface area contributed by atoms with Gasteiger partial charge in [0, 0.05) is 11.1 Å². The van der Waals surface area contributed by atoms with Crippen molar-refractivity contribution in [3.05, 3.63) is 41.3 Å². The molecule has 0 aromatic heterocycles. The van der Waals surface area contributed by atoms with Crippen LogP contribution >= 0.6 is 0 Å². The molecule has 1 heterocycles. The average molecular weight is 316 g/mol. The third kappa shape index (κ3) is 3.92. The third-order valence-electron chi connectivity index (χ3n) is 3.60. The summed E-state index contributed by atoms with van der Waals surface area (Å²) in [6.07, 6.45) is 2.91. The van der Waals surface area contributed by atoms with Gasteiger partial charge in [-0.1, -0.05) is 52.8 Å². The van der Waals surface area contributed by atoms with Gasteiger partial charge in [0.05, 0.1) is 0 Å². The quantitative estimate of drug-likeness (QED) is 0.913. The van der Waals surface area contributed by atoms with E-state index in [0.29, 0.717) is 5.90 Å². The number of carbonyl (C=O) groups excluding carboxylic acids is 1. The van der Waals surface area contributed by atoms with Gasteiger partial charge in [0.1, 0.15) is 0 Å². The molecular formula is C18H24N2O3. The van der Waals surface area contributed by atoms with Crippen molar-refractivity contribution in [1.82, 2.24) is 0 Å². The lowest BCUT2D eigenvalue weighted by Gasteiger charge is -2.23. The van der Waals surface area contributed by atoms with Crippen LogP contribution < -0.4 is 5.32 Å². The van der Waals surface area contributed by atoms with Crippen LogP contribution in [0.3, 0.4) is 0 Å². The maximum absolute atomic E-state index is 12.5. The lowest BCUT2D eigenvalue weighted by molar-refractivity contribution is -0.115. The van der Waals surface area contributed by atoms with Gasteiger partial charge < -0.3 is 14.9 Å². The molecule has 1 aliphatic rings. The van der Waals surface area contributed by atoms with Gasteiger partial charge in [-0.05, 0) is 29.1 Å². The molecule has 0 aliphatic carbocycles. The highest BCUT2D eigenvalue weighted by molar-refractivity contribution is 6.05. The van der Waals surface area contributed by atoms with E-state index in [1.54, 1.807) is 0 Å². The van der Waals surface area contributed by atoms with Crippen molar-refractivity contribution in [2.24, 2.45) is 10.6 Å². The summed E-state index contributed by atoms with van der Waals surface area (Å²) >= 11 is 0. The highest BCUT2D eigenvalue weighted by atomic mass is 16.7. The molecule has 1 aromatic rings. The van der Waals surface area contributed by atoms with E-state index in [9.17, 15) is 4.79 Å². The van der Waals surface area contributed by atoms with Crippen molar-refractivity contribution in [2.45, 2.75) is 47.5 Å². The number of carbonyl (C=O) groups is 1. The van der Waals surface area contributed by atoms with Crippen molar-refractivity contribution in [3.63, 3.8) is 0 Å². The highest BCUT2D eigenvalue weighted by Crippen LogP contribution is 2.26. The summed E-state index contributed by atoms with van der Waals surface area (Å²) in [6, 6.07) is 6.05. The number of benzene rings is 1. The van der Waals surface area contributed by atoms with Gasteiger partial charge in [-0.2, -0.15) is 0 Å². The predicted molar refractivity (Wildman–Crippen MR) is 91.0 cm³/mol. The number of hydrogen-bond donors (Lipinski definition) is 1. The zero-order valence-corrected chi connectivity index (χ0v) is 14.4. The van der Waals surface area contributed by atoms with Crippen LogP contribution in [0.2, 0.25) is 0 Å². The number of ether oxygens (including phenoxy) is 1. The number of hydrogen-bond acceptors (Lipinski definition) is 4. The molecule has 23 heavy (non-hydrogen) atoms. The largest absolute Gasteiger partial charge is 0.430 e. The molecular weight excluding hydrogens is 292 g/mol. The van der Waals surface area contributed by atoms with E-state index in [1.807, 2.05) is 39.0 Å². The van der Waals surface area contributed by atoms with Crippen LogP contribution in [0.4, 0.5) is 5.69 Å². The van der Waals surface area contributed by atoms with Crippen molar-refractivity contribution in [3.8, 4) is 0 Å². The first-order valence-electron chi connectivity index (χ1n) is 7.91. The molecule has 0 atom stereocenters. The Hall–Kier alpha value is -2.30. The lowest BCUT2D eigenvalue weighted by Crippen LogP contribution is -2.29. The van der Waals surface area contributed by atoms with Crippen molar-refractivity contribution in [1.29, 1.82) is 0 Å². The zero-order chi connectivity index (χ0) is 17.0. The van der Waals surface area contributed by atoms with Crippen LogP contribution in [0.25, 0.3) is 0 Å². The number of nitrogens with zero attached hydrogens (tertiary/aromatic N) is 1. The molecule has 1 aliphatic heterocycles. The van der Waals surface area contributed by atoms with Crippen molar-refractivity contribution >= 4 is 17.5 Å². The molecule has 0 spiro atoms. The molecule has 1 aromatic carbocycles. The maximum atomic E-state index is 12.5. The molecule has 2 rings (SSSR count). The van der Waals surface area contributed by atoms with Crippen molar-refractivity contribution < 1.29 is 14.4 Å². The second-order valence-corrected chi connectivity index (χ2v) is 6.45. The molecule has 1 N–H and O–H groups in total. The van der Waals surface area contributed by atoms with Crippen LogP contribution in [0, 0.1) is 5.41 Å². The summed E-state index contributed by atoms with van der Waals surface area (Å²) in [5.74, 6) is 0.153. The monoisotopic (exact) mass is 316 g/mol. The van der Waals surface area contributed by atoms with Crippen LogP contribution in [0.5, 0.6) is 0 Å². The van der Waals surface area contributed by atoms with Gasteiger partial charge in [0.25, 0.3) is 5.91 Å². The number of oxime groups is 1. The normalized spacial score (nSPS) is 14.3. The molecule has 5 nitrogen and oxygen atoms in total. The summed E-state index contributed by atoms with van der Waals surface area (Å²) in [5, 5.41) is 6.80. The Kier molecular flexibility index (Phi) is 5.08. The third-order valence-corrected chi connectivity index (χ3v) is 3.60. The lowest BCUT2D eigenvalue weighted by atomic mass is 9.97. The molecule has 0 saturated heterocycles. The van der Waals surface area contributed by atoms with E-state index in [-0.39, 0.29) is 17.1 Å². The molecule has 0 fully saturated rings. The van der Waals surface area contributed by atoms with Gasteiger partial charge in [0.2, 0.25) is 11.7 Å².